The summed E-state index contributed by atoms with van der Waals surface area (Å²) in [6, 6.07) is 67.1. The van der Waals surface area contributed by atoms with Crippen LogP contribution < -0.4 is 18.9 Å². The first kappa shape index (κ1) is 133. The molecule has 0 aliphatic heterocycles. The molecular formula is C125H181F10N3O4S. The number of benzene rings is 8. The number of rotatable bonds is 17. The van der Waals surface area contributed by atoms with Crippen LogP contribution in [0.2, 0.25) is 0 Å². The minimum Gasteiger partial charge on any atom is -0.494 e. The lowest BCUT2D eigenvalue weighted by molar-refractivity contribution is -0.159. The van der Waals surface area contributed by atoms with Gasteiger partial charge in [0.15, 0.2) is 0 Å². The highest BCUT2D eigenvalue weighted by Crippen LogP contribution is 2.38. The van der Waals surface area contributed by atoms with Crippen LogP contribution in [0.1, 0.15) is 426 Å². The van der Waals surface area contributed by atoms with Crippen molar-refractivity contribution in [3.63, 3.8) is 0 Å². The van der Waals surface area contributed by atoms with Crippen molar-refractivity contribution in [3.05, 3.63) is 336 Å². The highest BCUT2D eigenvalue weighted by atomic mass is 32.1. The fourth-order valence-electron chi connectivity index (χ4n) is 12.7. The van der Waals surface area contributed by atoms with Crippen molar-refractivity contribution in [1.82, 2.24) is 15.0 Å². The van der Waals surface area contributed by atoms with Gasteiger partial charge < -0.3 is 18.9 Å². The zero-order chi connectivity index (χ0) is 109. The Balaban J connectivity index is 0.00000155. The first-order valence-electron chi connectivity index (χ1n) is 50.0. The summed E-state index contributed by atoms with van der Waals surface area (Å²) in [7, 11) is 0. The predicted molar refractivity (Wildman–Crippen MR) is 592 cm³/mol. The second-order valence-electron chi connectivity index (χ2n) is 45.4. The van der Waals surface area contributed by atoms with Crippen molar-refractivity contribution in [1.29, 1.82) is 0 Å². The van der Waals surface area contributed by atoms with E-state index < -0.39 is 35.5 Å². The lowest BCUT2D eigenvalue weighted by Gasteiger charge is -2.21. The summed E-state index contributed by atoms with van der Waals surface area (Å²) in [5.41, 5.74) is 16.6. The molecule has 0 amide bonds. The molecule has 3 heterocycles. The molecular weight excluding hydrogens is 1830 g/mol. The van der Waals surface area contributed by atoms with E-state index in [1.54, 1.807) is 24.4 Å². The molecule has 0 N–H and O–H groups in total. The van der Waals surface area contributed by atoms with E-state index in [2.05, 4.69) is 302 Å². The van der Waals surface area contributed by atoms with Crippen LogP contribution in [0.4, 0.5) is 43.9 Å². The lowest BCUT2D eigenvalue weighted by Crippen LogP contribution is -2.19. The van der Waals surface area contributed by atoms with Gasteiger partial charge in [-0.1, -0.05) is 370 Å². The maximum Gasteiger partial charge on any atom is 0.416 e. The van der Waals surface area contributed by atoms with Crippen LogP contribution in [-0.2, 0) is 62.3 Å². The highest BCUT2D eigenvalue weighted by molar-refractivity contribution is 7.11. The third-order valence-corrected chi connectivity index (χ3v) is 23.3. The zero-order valence-electron chi connectivity index (χ0n) is 94.3. The maximum atomic E-state index is 13.2. The number of thiazole rings is 1. The van der Waals surface area contributed by atoms with Crippen LogP contribution in [0, 0.1) is 12.7 Å². The van der Waals surface area contributed by atoms with Gasteiger partial charge in [-0.15, -0.1) is 11.3 Å². The van der Waals surface area contributed by atoms with Crippen LogP contribution in [0.3, 0.4) is 0 Å². The average Bonchev–Trinajstić information content (AvgIpc) is 1.44. The second kappa shape index (κ2) is 59.7. The molecule has 796 valence electrons. The molecule has 0 fully saturated rings. The molecule has 0 unspecified atom stereocenters. The van der Waals surface area contributed by atoms with Gasteiger partial charge in [0.2, 0.25) is 0 Å². The van der Waals surface area contributed by atoms with E-state index >= 15 is 0 Å². The van der Waals surface area contributed by atoms with Crippen LogP contribution in [-0.4, -0.2) is 40.4 Å². The number of aryl methyl sites for hydroxylation is 2. The van der Waals surface area contributed by atoms with Crippen molar-refractivity contribution >= 4 is 11.3 Å². The highest BCUT2D eigenvalue weighted by Gasteiger charge is 2.33. The lowest BCUT2D eigenvalue weighted by atomic mass is 9.85. The van der Waals surface area contributed by atoms with Gasteiger partial charge in [-0.25, -0.2) is 26.9 Å². The van der Waals surface area contributed by atoms with Crippen LogP contribution in [0.5, 0.6) is 23.0 Å². The number of hydrogen-bond donors (Lipinski definition) is 0. The first-order chi connectivity index (χ1) is 64.8. The SMILES string of the molecule is C.CC(C)(C)c1cc(F)cc(C(C)(F)F)c1.CC(C)(C)c1cccc(C(F)(F)F)c1.CC(C)Oc1cccc(C(C)(C)C)c1.CC(C)c1cccc(C(C)(C)C)c1.CC(C)c1cccc(C(C)C)c1.CC(C)c1cccc(OC(C)(F)F)c1.CC(C)c1ncc(C(C)(F)F)s1.CCOc1cccc(C(C)(C)C)c1.CCOc1ccnc(C(C)(C)C)c1.CCc1cccc(C(C)C)c1.Cc1ccnc(C(C)(C)C)c1. The Labute approximate surface area is 864 Å². The van der Waals surface area contributed by atoms with Crippen molar-refractivity contribution < 1.29 is 62.9 Å². The molecule has 8 aromatic carbocycles. The van der Waals surface area contributed by atoms with E-state index in [0.29, 0.717) is 47.3 Å². The minimum absolute atomic E-state index is 0. The Bertz CT molecular complexity index is 5260. The fraction of sp³-hybridized carbons (Fsp3) is 0.512. The molecule has 0 aliphatic rings. The summed E-state index contributed by atoms with van der Waals surface area (Å²) in [4.78, 5) is 12.6. The smallest absolute Gasteiger partial charge is 0.416 e. The maximum absolute atomic E-state index is 13.2. The number of aromatic nitrogens is 3. The van der Waals surface area contributed by atoms with Crippen LogP contribution in [0.25, 0.3) is 0 Å². The Kier molecular flexibility index (Phi) is 55.6. The first-order valence-corrected chi connectivity index (χ1v) is 50.9. The summed E-state index contributed by atoms with van der Waals surface area (Å²) < 4.78 is 148. The standard InChI is InChI=1S/C13H20O.C13H20.C12H15F3.C12H18O.C12H18.C11H13F3.C11H14F2O.C11H17NO.C11H16.C10H15N.C8H11F2NS.CH4/c1-10(2)14-12-8-6-7-11(9-12)13(3,4)5;1-10(2)11-7-6-8-12(9-11)13(3,4)5;1-11(2,3)8-5-9(12(4,14)15)7-10(13)6-8;1-5-13-11-8-6-7-10(9-11)12(2,3)4;1-9(2)11-6-5-7-12(8-11)10(3)4;1-10(2,3)8-5-4-6-9(7-8)11(12,13)14;1-8(2)9-5-4-6-10(7-9)14-11(3,12)13;1-5-13-9-6-7-12-10(8-9)11(2,3)4;1-4-10-6-5-7-11(8-10)9(2)3;1-8-5-6-11-9(7-8)10(2,3)4;1-5(2)7-11-4-6(12-7)8(3,9)10;/h6-10H,1-5H3;6-10H,1-5H3;5-7H,1-4H3;6-9H,5H2,1-4H3;5-10H,1-4H3;4-7H,1-3H3;4-8H,1-3H3;6-8H,5H2,1-4H3;5-9H,4H2,1-3H3;5-7H,1-4H3;4-5H,1-3H3;1H4. The quantitative estimate of drug-likeness (QED) is 0.0841. The Morgan fingerprint density at radius 2 is 0.650 bits per heavy atom. The molecule has 11 aromatic rings. The van der Waals surface area contributed by atoms with Gasteiger partial charge in [0.25, 0.3) is 11.8 Å². The Hall–Kier alpha value is -9.81. The number of halogens is 10. The van der Waals surface area contributed by atoms with E-state index in [1.165, 1.54) is 86.6 Å². The van der Waals surface area contributed by atoms with Gasteiger partial charge >= 0.3 is 12.3 Å². The normalized spacial score (nSPS) is 11.8. The van der Waals surface area contributed by atoms with E-state index in [9.17, 15) is 43.9 Å². The van der Waals surface area contributed by atoms with Gasteiger partial charge in [0, 0.05) is 79.1 Å². The molecule has 7 nitrogen and oxygen atoms in total. The van der Waals surface area contributed by atoms with Crippen molar-refractivity contribution in [2.24, 2.45) is 0 Å². The summed E-state index contributed by atoms with van der Waals surface area (Å²) in [6.07, 6.45) is -1.05. The van der Waals surface area contributed by atoms with Crippen molar-refractivity contribution in [2.45, 2.75) is 408 Å². The van der Waals surface area contributed by atoms with E-state index in [0.717, 1.165) is 96.5 Å². The molecule has 18 heteroatoms. The second-order valence-corrected chi connectivity index (χ2v) is 46.4. The molecule has 0 spiro atoms. The number of alkyl halides is 9. The van der Waals surface area contributed by atoms with Gasteiger partial charge in [-0.05, 0) is 243 Å². The number of ether oxygens (including phenoxy) is 4. The predicted octanol–water partition coefficient (Wildman–Crippen LogP) is 40.1. The van der Waals surface area contributed by atoms with E-state index in [1.807, 2.05) is 146 Å². The molecule has 0 saturated carbocycles. The molecule has 143 heavy (non-hydrogen) atoms. The number of nitrogens with zero attached hydrogens (tertiary/aromatic N) is 3. The topological polar surface area (TPSA) is 75.6 Å². The Morgan fingerprint density at radius 3 is 1.02 bits per heavy atom. The molecule has 0 aliphatic carbocycles. The number of hydrogen-bond acceptors (Lipinski definition) is 8. The molecule has 11 rings (SSSR count). The monoisotopic (exact) mass is 2010 g/mol. The van der Waals surface area contributed by atoms with Gasteiger partial charge in [0.05, 0.1) is 34.8 Å². The summed E-state index contributed by atoms with van der Waals surface area (Å²) in [6.45, 7) is 86.2. The molecule has 0 atom stereocenters. The summed E-state index contributed by atoms with van der Waals surface area (Å²) >= 11 is 1.09. The van der Waals surface area contributed by atoms with Crippen molar-refractivity contribution in [3.8, 4) is 23.0 Å². The Morgan fingerprint density at radius 1 is 0.308 bits per heavy atom. The van der Waals surface area contributed by atoms with Gasteiger partial charge in [-0.3, -0.25) is 9.97 Å². The number of pyridine rings is 2. The zero-order valence-corrected chi connectivity index (χ0v) is 95.1. The summed E-state index contributed by atoms with van der Waals surface area (Å²) in [5.74, 6) is -0.203. The summed E-state index contributed by atoms with van der Waals surface area (Å²) in [5, 5.41) is 0.770. The van der Waals surface area contributed by atoms with Crippen LogP contribution >= 0.6 is 11.3 Å². The largest absolute Gasteiger partial charge is 0.494 e. The van der Waals surface area contributed by atoms with E-state index in [-0.39, 0.29) is 73.5 Å². The molecule has 0 radical (unpaired) electrons. The molecule has 0 saturated heterocycles. The minimum atomic E-state index is -4.25. The fourth-order valence-corrected chi connectivity index (χ4v) is 13.6. The average molecular weight is 2010 g/mol. The third-order valence-electron chi connectivity index (χ3n) is 21.9. The molecule has 3 aromatic heterocycles. The van der Waals surface area contributed by atoms with Gasteiger partial charge in [-0.2, -0.15) is 22.0 Å². The third kappa shape index (κ3) is 54.8. The van der Waals surface area contributed by atoms with Crippen LogP contribution in [0.15, 0.2) is 231 Å². The van der Waals surface area contributed by atoms with Gasteiger partial charge in [0.1, 0.15) is 28.8 Å². The van der Waals surface area contributed by atoms with E-state index in [4.69, 9.17) is 14.2 Å². The van der Waals surface area contributed by atoms with Crippen molar-refractivity contribution in [2.75, 3.05) is 13.2 Å². The molecule has 0 bridgehead atoms.